The lowest BCUT2D eigenvalue weighted by Gasteiger charge is -2.32. The summed E-state index contributed by atoms with van der Waals surface area (Å²) in [5.74, 6) is 1.35. The van der Waals surface area contributed by atoms with E-state index in [4.69, 9.17) is 4.74 Å². The highest BCUT2D eigenvalue weighted by Crippen LogP contribution is 2.49. The van der Waals surface area contributed by atoms with Crippen LogP contribution >= 0.6 is 0 Å². The molecule has 1 N–H and O–H groups in total. The maximum Gasteiger partial charge on any atom is 0.257 e. The summed E-state index contributed by atoms with van der Waals surface area (Å²) in [5, 5.41) is 3.34. The fraction of sp³-hybridized carbons (Fsp3) is 0.524. The van der Waals surface area contributed by atoms with Crippen LogP contribution in [0.25, 0.3) is 0 Å². The van der Waals surface area contributed by atoms with Crippen molar-refractivity contribution in [1.29, 1.82) is 0 Å². The largest absolute Gasteiger partial charge is 0.478 e. The molecule has 0 bridgehead atoms. The van der Waals surface area contributed by atoms with Crippen molar-refractivity contribution in [3.63, 3.8) is 0 Å². The molecule has 0 radical (unpaired) electrons. The first-order chi connectivity index (χ1) is 13.7. The fourth-order valence-electron chi connectivity index (χ4n) is 4.21. The molecule has 0 spiro atoms. The van der Waals surface area contributed by atoms with Crippen LogP contribution in [0.3, 0.4) is 0 Å². The van der Waals surface area contributed by atoms with Crippen LogP contribution in [0.5, 0.6) is 5.88 Å². The summed E-state index contributed by atoms with van der Waals surface area (Å²) in [5.41, 5.74) is 0.282. The van der Waals surface area contributed by atoms with Crippen LogP contribution in [-0.2, 0) is 0 Å². The highest BCUT2D eigenvalue weighted by Gasteiger charge is 2.42. The summed E-state index contributed by atoms with van der Waals surface area (Å²) < 4.78 is 33.1. The van der Waals surface area contributed by atoms with Crippen LogP contribution in [0.1, 0.15) is 30.7 Å². The number of anilines is 1. The molecule has 2 aromatic rings. The molecule has 2 atom stereocenters. The number of rotatable bonds is 7. The topological polar surface area (TPSA) is 50.3 Å². The zero-order chi connectivity index (χ0) is 19.5. The van der Waals surface area contributed by atoms with E-state index in [2.05, 4.69) is 20.2 Å². The number of halogens is 2. The van der Waals surface area contributed by atoms with Crippen LogP contribution in [0.4, 0.5) is 14.6 Å². The van der Waals surface area contributed by atoms with Crippen molar-refractivity contribution in [2.45, 2.75) is 25.2 Å². The van der Waals surface area contributed by atoms with E-state index in [1.807, 2.05) is 0 Å². The van der Waals surface area contributed by atoms with Crippen molar-refractivity contribution in [2.24, 2.45) is 11.8 Å². The zero-order valence-electron chi connectivity index (χ0n) is 16.1. The van der Waals surface area contributed by atoms with E-state index < -0.39 is 11.6 Å². The SMILES string of the molecule is COc1nccnc1NCC1CCN(CC2C[C@H]2c2c(F)cccc2F)CC1. The summed E-state index contributed by atoms with van der Waals surface area (Å²) in [6.07, 6.45) is 6.34. The van der Waals surface area contributed by atoms with Gasteiger partial charge in [0.15, 0.2) is 5.82 Å². The molecule has 1 saturated heterocycles. The molecule has 5 nitrogen and oxygen atoms in total. The number of nitrogens with zero attached hydrogens (tertiary/aromatic N) is 3. The Balaban J connectivity index is 1.22. The van der Waals surface area contributed by atoms with Crippen molar-refractivity contribution in [2.75, 3.05) is 38.6 Å². The molecule has 7 heteroatoms. The molecule has 1 unspecified atom stereocenters. The number of benzene rings is 1. The predicted octanol–water partition coefficient (Wildman–Crippen LogP) is 3.69. The summed E-state index contributed by atoms with van der Waals surface area (Å²) in [6.45, 7) is 3.81. The minimum Gasteiger partial charge on any atom is -0.478 e. The number of likely N-dealkylation sites (tertiary alicyclic amines) is 1. The van der Waals surface area contributed by atoms with Gasteiger partial charge in [-0.05, 0) is 62.2 Å². The second-order valence-electron chi connectivity index (χ2n) is 7.78. The van der Waals surface area contributed by atoms with E-state index in [0.29, 0.717) is 23.5 Å². The van der Waals surface area contributed by atoms with Gasteiger partial charge in [0, 0.05) is 31.0 Å². The second kappa shape index (κ2) is 8.39. The van der Waals surface area contributed by atoms with Gasteiger partial charge in [-0.25, -0.2) is 18.7 Å². The van der Waals surface area contributed by atoms with Crippen molar-refractivity contribution >= 4 is 5.82 Å². The Labute approximate surface area is 164 Å². The van der Waals surface area contributed by atoms with Gasteiger partial charge in [-0.15, -0.1) is 0 Å². The molecule has 28 heavy (non-hydrogen) atoms. The third kappa shape index (κ3) is 4.24. The second-order valence-corrected chi connectivity index (χ2v) is 7.78. The van der Waals surface area contributed by atoms with Crippen LogP contribution in [-0.4, -0.2) is 48.2 Å². The molecular weight excluding hydrogens is 362 g/mol. The first kappa shape index (κ1) is 19.1. The van der Waals surface area contributed by atoms with Gasteiger partial charge in [-0.1, -0.05) is 6.07 Å². The number of hydrogen-bond acceptors (Lipinski definition) is 5. The molecular formula is C21H26F2N4O. The van der Waals surface area contributed by atoms with Crippen molar-refractivity contribution < 1.29 is 13.5 Å². The third-order valence-electron chi connectivity index (χ3n) is 5.91. The summed E-state index contributed by atoms with van der Waals surface area (Å²) in [7, 11) is 1.59. The molecule has 2 heterocycles. The van der Waals surface area contributed by atoms with Crippen molar-refractivity contribution in [3.05, 3.63) is 47.8 Å². The molecule has 4 rings (SSSR count). The van der Waals surface area contributed by atoms with Gasteiger partial charge in [0.1, 0.15) is 11.6 Å². The van der Waals surface area contributed by atoms with Gasteiger partial charge in [0.2, 0.25) is 0 Å². The number of nitrogens with one attached hydrogen (secondary N) is 1. The van der Waals surface area contributed by atoms with E-state index in [1.54, 1.807) is 19.5 Å². The minimum atomic E-state index is -0.406. The molecule has 150 valence electrons. The summed E-state index contributed by atoms with van der Waals surface area (Å²) in [4.78, 5) is 10.9. The van der Waals surface area contributed by atoms with Crippen LogP contribution in [0, 0.1) is 23.5 Å². The number of hydrogen-bond donors (Lipinski definition) is 1. The molecule has 2 aliphatic rings. The number of ether oxygens (including phenoxy) is 1. The predicted molar refractivity (Wildman–Crippen MR) is 103 cm³/mol. The quantitative estimate of drug-likeness (QED) is 0.784. The molecule has 1 aromatic heterocycles. The first-order valence-corrected chi connectivity index (χ1v) is 9.91. The Morgan fingerprint density at radius 2 is 1.86 bits per heavy atom. The van der Waals surface area contributed by atoms with Crippen LogP contribution < -0.4 is 10.1 Å². The zero-order valence-corrected chi connectivity index (χ0v) is 16.1. The minimum absolute atomic E-state index is 0.0321. The Kier molecular flexibility index (Phi) is 5.71. The third-order valence-corrected chi connectivity index (χ3v) is 5.91. The van der Waals surface area contributed by atoms with Crippen molar-refractivity contribution in [3.8, 4) is 5.88 Å². The van der Waals surface area contributed by atoms with E-state index in [-0.39, 0.29) is 11.5 Å². The Hall–Kier alpha value is -2.28. The lowest BCUT2D eigenvalue weighted by molar-refractivity contribution is 0.182. The average molecular weight is 388 g/mol. The highest BCUT2D eigenvalue weighted by atomic mass is 19.1. The van der Waals surface area contributed by atoms with E-state index in [9.17, 15) is 8.78 Å². The molecule has 1 aliphatic heterocycles. The van der Waals surface area contributed by atoms with Gasteiger partial charge in [-0.3, -0.25) is 0 Å². The normalized spacial score (nSPS) is 22.8. The van der Waals surface area contributed by atoms with E-state index in [1.165, 1.54) is 18.2 Å². The molecule has 1 saturated carbocycles. The van der Waals surface area contributed by atoms with Crippen LogP contribution in [0.15, 0.2) is 30.6 Å². The fourth-order valence-corrected chi connectivity index (χ4v) is 4.21. The highest BCUT2D eigenvalue weighted by molar-refractivity contribution is 5.44. The number of methoxy groups -OCH3 is 1. The van der Waals surface area contributed by atoms with Gasteiger partial charge in [0.05, 0.1) is 7.11 Å². The monoisotopic (exact) mass is 388 g/mol. The van der Waals surface area contributed by atoms with Gasteiger partial charge in [-0.2, -0.15) is 0 Å². The number of piperidine rings is 1. The smallest absolute Gasteiger partial charge is 0.257 e. The van der Waals surface area contributed by atoms with E-state index in [0.717, 1.165) is 45.4 Å². The lowest BCUT2D eigenvalue weighted by Crippen LogP contribution is -2.37. The first-order valence-electron chi connectivity index (χ1n) is 9.91. The Morgan fingerprint density at radius 3 is 2.57 bits per heavy atom. The Morgan fingerprint density at radius 1 is 1.14 bits per heavy atom. The van der Waals surface area contributed by atoms with Crippen molar-refractivity contribution in [1.82, 2.24) is 14.9 Å². The van der Waals surface area contributed by atoms with E-state index >= 15 is 0 Å². The van der Waals surface area contributed by atoms with Gasteiger partial charge in [0.25, 0.3) is 5.88 Å². The summed E-state index contributed by atoms with van der Waals surface area (Å²) >= 11 is 0. The standard InChI is InChI=1S/C21H26F2N4O/c1-28-21-20(24-7-8-25-21)26-12-14-5-9-27(10-6-14)13-15-11-16(15)19-17(22)3-2-4-18(19)23/h2-4,7-8,14-16H,5-6,9-13H2,1H3,(H,24,26)/t15?,16-/m1/s1. The molecule has 1 aliphatic carbocycles. The molecule has 2 fully saturated rings. The lowest BCUT2D eigenvalue weighted by atomic mass is 9.96. The Bertz CT molecular complexity index is 790. The molecule has 0 amide bonds. The average Bonchev–Trinajstić information content (AvgIpc) is 3.46. The number of aromatic nitrogens is 2. The molecule has 1 aromatic carbocycles. The summed E-state index contributed by atoms with van der Waals surface area (Å²) in [6, 6.07) is 4.15. The maximum absolute atomic E-state index is 13.9. The van der Waals surface area contributed by atoms with Gasteiger partial charge >= 0.3 is 0 Å². The van der Waals surface area contributed by atoms with Crippen LogP contribution in [0.2, 0.25) is 0 Å². The maximum atomic E-state index is 13.9. The van der Waals surface area contributed by atoms with Gasteiger partial charge < -0.3 is 15.0 Å².